The Balaban J connectivity index is 1.93. The first-order valence-electron chi connectivity index (χ1n) is 8.72. The lowest BCUT2D eigenvalue weighted by atomic mass is 10.1. The van der Waals surface area contributed by atoms with E-state index in [2.05, 4.69) is 4.99 Å². The fourth-order valence-corrected chi connectivity index (χ4v) is 5.06. The number of nitrogens with zero attached hydrogens (tertiary/aromatic N) is 2. The smallest absolute Gasteiger partial charge is 0.265 e. The minimum Gasteiger partial charge on any atom is -0.494 e. The van der Waals surface area contributed by atoms with Gasteiger partial charge in [0.1, 0.15) is 5.82 Å². The molecule has 1 saturated heterocycles. The molecule has 1 N–H and O–H groups in total. The van der Waals surface area contributed by atoms with E-state index in [1.54, 1.807) is 30.3 Å². The van der Waals surface area contributed by atoms with E-state index in [0.717, 1.165) is 4.57 Å². The average molecular weight is 400 g/mol. The summed E-state index contributed by atoms with van der Waals surface area (Å²) in [5.41, 5.74) is -0.393. The van der Waals surface area contributed by atoms with Crippen LogP contribution in [0.2, 0.25) is 0 Å². The second-order valence-corrected chi connectivity index (χ2v) is 8.94. The Morgan fingerprint density at radius 1 is 1.11 bits per heavy atom. The van der Waals surface area contributed by atoms with E-state index in [4.69, 9.17) is 0 Å². The maximum absolute atomic E-state index is 14.3. The van der Waals surface area contributed by atoms with Crippen LogP contribution in [0.3, 0.4) is 0 Å². The van der Waals surface area contributed by atoms with E-state index in [9.17, 15) is 22.7 Å². The minimum atomic E-state index is -3.10. The lowest BCUT2D eigenvalue weighted by Gasteiger charge is -2.14. The first kappa shape index (κ1) is 18.4. The average Bonchev–Trinajstić information content (AvgIpc) is 3.02. The van der Waals surface area contributed by atoms with Gasteiger partial charge in [-0.15, -0.1) is 0 Å². The molecule has 3 aromatic rings. The van der Waals surface area contributed by atoms with E-state index < -0.39 is 33.1 Å². The van der Waals surface area contributed by atoms with Crippen LogP contribution in [-0.4, -0.2) is 41.9 Å². The molecule has 1 unspecified atom stereocenters. The normalized spacial score (nSPS) is 18.8. The summed E-state index contributed by atoms with van der Waals surface area (Å²) in [6.07, 6.45) is 1.78. The molecule has 144 valence electrons. The molecule has 2 heterocycles. The van der Waals surface area contributed by atoms with Crippen molar-refractivity contribution in [2.45, 2.75) is 12.5 Å². The first-order chi connectivity index (χ1) is 13.4. The lowest BCUT2D eigenvalue weighted by Crippen LogP contribution is -2.21. The number of sulfone groups is 1. The van der Waals surface area contributed by atoms with E-state index in [0.29, 0.717) is 17.2 Å². The number of aliphatic imine (C=N–C) groups is 1. The Labute approximate surface area is 160 Å². The maximum atomic E-state index is 14.3. The summed E-state index contributed by atoms with van der Waals surface area (Å²) in [7, 11) is -3.10. The van der Waals surface area contributed by atoms with Gasteiger partial charge in [-0.2, -0.15) is 0 Å². The zero-order valence-corrected chi connectivity index (χ0v) is 15.6. The Morgan fingerprint density at radius 2 is 1.79 bits per heavy atom. The number of pyridine rings is 1. The summed E-state index contributed by atoms with van der Waals surface area (Å²) in [6, 6.07) is 11.9. The van der Waals surface area contributed by atoms with Crippen LogP contribution in [0.5, 0.6) is 5.88 Å². The van der Waals surface area contributed by atoms with Crippen LogP contribution in [0.4, 0.5) is 4.39 Å². The highest BCUT2D eigenvalue weighted by atomic mass is 32.2. The Hall–Kier alpha value is -3.00. The summed E-state index contributed by atoms with van der Waals surface area (Å²) in [5, 5.41) is 11.6. The third-order valence-corrected chi connectivity index (χ3v) is 6.57. The number of aromatic hydroxyl groups is 1. The van der Waals surface area contributed by atoms with Gasteiger partial charge in [-0.25, -0.2) is 17.4 Å². The van der Waals surface area contributed by atoms with Gasteiger partial charge in [0.15, 0.2) is 9.84 Å². The van der Waals surface area contributed by atoms with Crippen LogP contribution in [0.1, 0.15) is 12.0 Å². The van der Waals surface area contributed by atoms with Crippen LogP contribution >= 0.6 is 0 Å². The quantitative estimate of drug-likeness (QED) is 0.684. The van der Waals surface area contributed by atoms with Crippen molar-refractivity contribution >= 4 is 26.8 Å². The highest BCUT2D eigenvalue weighted by Crippen LogP contribution is 2.27. The minimum absolute atomic E-state index is 0.0465. The number of benzene rings is 2. The predicted molar refractivity (Wildman–Crippen MR) is 106 cm³/mol. The van der Waals surface area contributed by atoms with Crippen LogP contribution in [0.25, 0.3) is 16.5 Å². The van der Waals surface area contributed by atoms with Gasteiger partial charge in [-0.1, -0.05) is 30.3 Å². The summed E-state index contributed by atoms with van der Waals surface area (Å²) in [5.74, 6) is -1.07. The van der Waals surface area contributed by atoms with Crippen molar-refractivity contribution in [1.82, 2.24) is 4.57 Å². The largest absolute Gasteiger partial charge is 0.494 e. The summed E-state index contributed by atoms with van der Waals surface area (Å²) in [6.45, 7) is 0. The number of rotatable bonds is 3. The third-order valence-electron chi connectivity index (χ3n) is 4.82. The molecule has 1 aliphatic heterocycles. The molecule has 28 heavy (non-hydrogen) atoms. The number of hydrogen-bond acceptors (Lipinski definition) is 5. The molecule has 1 aliphatic rings. The maximum Gasteiger partial charge on any atom is 0.265 e. The zero-order chi connectivity index (χ0) is 19.9. The van der Waals surface area contributed by atoms with Crippen molar-refractivity contribution in [2.75, 3.05) is 11.5 Å². The molecule has 4 rings (SSSR count). The molecule has 2 aromatic carbocycles. The van der Waals surface area contributed by atoms with Gasteiger partial charge in [0.2, 0.25) is 5.88 Å². The van der Waals surface area contributed by atoms with E-state index in [1.165, 1.54) is 24.4 Å². The Morgan fingerprint density at radius 3 is 2.46 bits per heavy atom. The van der Waals surface area contributed by atoms with E-state index in [1.807, 2.05) is 0 Å². The number of aromatic nitrogens is 1. The van der Waals surface area contributed by atoms with Gasteiger partial charge in [-0.3, -0.25) is 9.79 Å². The molecule has 0 aliphatic carbocycles. The predicted octanol–water partition coefficient (Wildman–Crippen LogP) is 2.44. The molecule has 1 fully saturated rings. The Kier molecular flexibility index (Phi) is 4.50. The molecule has 1 aromatic heterocycles. The molecule has 0 radical (unpaired) electrons. The Bertz CT molecular complexity index is 1260. The van der Waals surface area contributed by atoms with Crippen molar-refractivity contribution < 1.29 is 17.9 Å². The molecular weight excluding hydrogens is 383 g/mol. The van der Waals surface area contributed by atoms with Crippen molar-refractivity contribution in [3.8, 4) is 11.6 Å². The molecule has 6 nitrogen and oxygen atoms in total. The van der Waals surface area contributed by atoms with Crippen molar-refractivity contribution in [2.24, 2.45) is 4.99 Å². The van der Waals surface area contributed by atoms with Gasteiger partial charge in [-0.05, 0) is 24.6 Å². The second-order valence-electron chi connectivity index (χ2n) is 6.71. The van der Waals surface area contributed by atoms with Crippen LogP contribution in [0, 0.1) is 5.82 Å². The van der Waals surface area contributed by atoms with Crippen LogP contribution in [0.15, 0.2) is 58.3 Å². The van der Waals surface area contributed by atoms with Crippen molar-refractivity contribution in [3.63, 3.8) is 0 Å². The van der Waals surface area contributed by atoms with Crippen LogP contribution < -0.4 is 5.56 Å². The summed E-state index contributed by atoms with van der Waals surface area (Å²) in [4.78, 5) is 17.2. The van der Waals surface area contributed by atoms with Crippen molar-refractivity contribution in [3.05, 3.63) is 70.3 Å². The topological polar surface area (TPSA) is 88.7 Å². The van der Waals surface area contributed by atoms with E-state index in [-0.39, 0.29) is 22.8 Å². The van der Waals surface area contributed by atoms with Gasteiger partial charge < -0.3 is 5.11 Å². The van der Waals surface area contributed by atoms with Crippen molar-refractivity contribution in [1.29, 1.82) is 0 Å². The second kappa shape index (κ2) is 6.87. The molecule has 0 bridgehead atoms. The van der Waals surface area contributed by atoms with Gasteiger partial charge >= 0.3 is 0 Å². The molecule has 8 heteroatoms. The first-order valence-corrected chi connectivity index (χ1v) is 10.5. The number of fused-ring (bicyclic) bond motifs is 1. The number of para-hydroxylation sites is 1. The SMILES string of the molecule is O=c1c2ccccc2c(C=NC2CCS(=O)(=O)C2)c(O)n1-c1ccccc1F. The van der Waals surface area contributed by atoms with Gasteiger partial charge in [0.05, 0.1) is 28.8 Å². The van der Waals surface area contributed by atoms with Crippen LogP contribution in [-0.2, 0) is 9.84 Å². The fourth-order valence-electron chi connectivity index (χ4n) is 3.42. The highest BCUT2D eigenvalue weighted by Gasteiger charge is 2.27. The molecule has 0 saturated carbocycles. The molecular formula is C20H17FN2O4S. The standard InChI is InChI=1S/C20H17FN2O4S/c21-17-7-3-4-8-18(17)23-19(24)15-6-2-1-5-14(15)16(20(23)25)11-22-13-9-10-28(26,27)12-13/h1-8,11,13,25H,9-10,12H2. The van der Waals surface area contributed by atoms with Gasteiger partial charge in [0, 0.05) is 17.0 Å². The molecule has 1 atom stereocenters. The fraction of sp³-hybridized carbons (Fsp3) is 0.200. The van der Waals surface area contributed by atoms with E-state index >= 15 is 0 Å². The number of halogens is 1. The lowest BCUT2D eigenvalue weighted by molar-refractivity contribution is 0.433. The zero-order valence-electron chi connectivity index (χ0n) is 14.7. The third kappa shape index (κ3) is 3.20. The summed E-state index contributed by atoms with van der Waals surface area (Å²) >= 11 is 0. The molecule has 0 spiro atoms. The highest BCUT2D eigenvalue weighted by molar-refractivity contribution is 7.91. The summed E-state index contributed by atoms with van der Waals surface area (Å²) < 4.78 is 38.5. The monoisotopic (exact) mass is 400 g/mol. The van der Waals surface area contributed by atoms with Gasteiger partial charge in [0.25, 0.3) is 5.56 Å². The molecule has 0 amide bonds. The number of hydrogen-bond donors (Lipinski definition) is 1.